The van der Waals surface area contributed by atoms with Gasteiger partial charge in [-0.2, -0.15) is 0 Å². The van der Waals surface area contributed by atoms with Gasteiger partial charge in [-0.15, -0.1) is 0 Å². The van der Waals surface area contributed by atoms with Crippen molar-refractivity contribution in [2.75, 3.05) is 5.32 Å². The molecule has 2 rings (SSSR count). The minimum Gasteiger partial charge on any atom is -0.428 e. The molecule has 0 spiro atoms. The summed E-state index contributed by atoms with van der Waals surface area (Å²) >= 11 is 0. The summed E-state index contributed by atoms with van der Waals surface area (Å²) < 4.78 is 4.88. The fraction of sp³-hybridized carbons (Fsp3) is 0. The van der Waals surface area contributed by atoms with Gasteiger partial charge in [0.05, 0.1) is 6.20 Å². The van der Waals surface area contributed by atoms with E-state index in [0.717, 1.165) is 0 Å². The van der Waals surface area contributed by atoms with Crippen molar-refractivity contribution in [3.8, 4) is 0 Å². The number of nitrogens with one attached hydrogen (secondary N) is 1. The number of oxazole rings is 1. The molecule has 0 unspecified atom stereocenters. The summed E-state index contributed by atoms with van der Waals surface area (Å²) in [6, 6.07) is 8.91. The Morgan fingerprint density at radius 1 is 1.29 bits per heavy atom. The number of aromatic nitrogens is 1. The second-order valence-electron chi connectivity index (χ2n) is 2.69. The maximum atomic E-state index is 11.5. The van der Waals surface area contributed by atoms with Gasteiger partial charge < -0.3 is 4.42 Å². The maximum absolute atomic E-state index is 11.5. The predicted molar refractivity (Wildman–Crippen MR) is 50.9 cm³/mol. The third kappa shape index (κ3) is 1.80. The van der Waals surface area contributed by atoms with E-state index in [-0.39, 0.29) is 5.91 Å². The number of nitrogens with zero attached hydrogens (tertiary/aromatic N) is 1. The van der Waals surface area contributed by atoms with E-state index in [9.17, 15) is 4.79 Å². The van der Waals surface area contributed by atoms with Gasteiger partial charge in [0.1, 0.15) is 0 Å². The van der Waals surface area contributed by atoms with E-state index in [2.05, 4.69) is 10.3 Å². The highest BCUT2D eigenvalue weighted by Crippen LogP contribution is 2.07. The molecule has 0 radical (unpaired) electrons. The summed E-state index contributed by atoms with van der Waals surface area (Å²) in [6.45, 7) is 0. The molecule has 2 aromatic rings. The number of anilines is 1. The summed E-state index contributed by atoms with van der Waals surface area (Å²) in [7, 11) is 0. The Morgan fingerprint density at radius 3 is 2.71 bits per heavy atom. The lowest BCUT2D eigenvalue weighted by Crippen LogP contribution is -2.10. The number of benzene rings is 1. The first-order valence-electron chi connectivity index (χ1n) is 4.11. The highest BCUT2D eigenvalue weighted by Gasteiger charge is 2.05. The lowest BCUT2D eigenvalue weighted by molar-refractivity contribution is 0.102. The first-order valence-corrected chi connectivity index (χ1v) is 4.11. The molecule has 0 bridgehead atoms. The lowest BCUT2D eigenvalue weighted by atomic mass is 10.2. The van der Waals surface area contributed by atoms with Gasteiger partial charge in [0.15, 0.2) is 6.39 Å². The minimum absolute atomic E-state index is 0.206. The van der Waals surface area contributed by atoms with Crippen molar-refractivity contribution in [3.63, 3.8) is 0 Å². The van der Waals surface area contributed by atoms with Crippen LogP contribution in [0.2, 0.25) is 0 Å². The van der Waals surface area contributed by atoms with Gasteiger partial charge in [0.25, 0.3) is 5.91 Å². The summed E-state index contributed by atoms with van der Waals surface area (Å²) in [5.74, 6) is 0.140. The van der Waals surface area contributed by atoms with E-state index in [0.29, 0.717) is 11.4 Å². The van der Waals surface area contributed by atoms with Crippen LogP contribution in [0.25, 0.3) is 0 Å². The molecule has 0 saturated carbocycles. The van der Waals surface area contributed by atoms with Crippen molar-refractivity contribution in [3.05, 3.63) is 48.5 Å². The standard InChI is InChI=1S/C10H8N2O2/c13-10(8-4-2-1-3-5-8)12-9-6-11-7-14-9/h1-7H,(H,12,13). The molecule has 14 heavy (non-hydrogen) atoms. The molecule has 1 aromatic carbocycles. The van der Waals surface area contributed by atoms with E-state index >= 15 is 0 Å². The Labute approximate surface area is 80.6 Å². The molecule has 0 aliphatic heterocycles. The lowest BCUT2D eigenvalue weighted by Gasteiger charge is -1.99. The molecular formula is C10H8N2O2. The van der Waals surface area contributed by atoms with Crippen LogP contribution in [-0.2, 0) is 0 Å². The van der Waals surface area contributed by atoms with Crippen LogP contribution in [0.4, 0.5) is 5.88 Å². The molecule has 0 fully saturated rings. The Kier molecular flexibility index (Phi) is 2.27. The van der Waals surface area contributed by atoms with Crippen LogP contribution in [0.1, 0.15) is 10.4 Å². The topological polar surface area (TPSA) is 55.1 Å². The molecule has 1 amide bonds. The smallest absolute Gasteiger partial charge is 0.258 e. The molecule has 4 nitrogen and oxygen atoms in total. The summed E-state index contributed by atoms with van der Waals surface area (Å²) in [4.78, 5) is 15.2. The molecule has 0 saturated heterocycles. The summed E-state index contributed by atoms with van der Waals surface area (Å²) in [5, 5.41) is 2.57. The maximum Gasteiger partial charge on any atom is 0.258 e. The number of hydrogen-bond donors (Lipinski definition) is 1. The minimum atomic E-state index is -0.206. The normalized spacial score (nSPS) is 9.71. The zero-order valence-corrected chi connectivity index (χ0v) is 7.31. The molecule has 70 valence electrons. The van der Waals surface area contributed by atoms with Gasteiger partial charge in [-0.05, 0) is 12.1 Å². The fourth-order valence-corrected chi connectivity index (χ4v) is 1.05. The monoisotopic (exact) mass is 188 g/mol. The molecule has 0 atom stereocenters. The van der Waals surface area contributed by atoms with Crippen LogP contribution in [0.3, 0.4) is 0 Å². The number of carbonyl (C=O) groups is 1. The quantitative estimate of drug-likeness (QED) is 0.783. The third-order valence-corrected chi connectivity index (χ3v) is 1.71. The average molecular weight is 188 g/mol. The van der Waals surface area contributed by atoms with Gasteiger partial charge in [-0.3, -0.25) is 10.1 Å². The van der Waals surface area contributed by atoms with E-state index in [1.54, 1.807) is 24.3 Å². The molecule has 1 heterocycles. The van der Waals surface area contributed by atoms with Crippen molar-refractivity contribution in [1.29, 1.82) is 0 Å². The van der Waals surface area contributed by atoms with Gasteiger partial charge in [0, 0.05) is 5.56 Å². The molecular weight excluding hydrogens is 180 g/mol. The van der Waals surface area contributed by atoms with Gasteiger partial charge in [-0.1, -0.05) is 18.2 Å². The predicted octanol–water partition coefficient (Wildman–Crippen LogP) is 1.93. The van der Waals surface area contributed by atoms with E-state index in [4.69, 9.17) is 4.42 Å². The zero-order valence-electron chi connectivity index (χ0n) is 7.31. The Hall–Kier alpha value is -2.10. The van der Waals surface area contributed by atoms with Crippen LogP contribution < -0.4 is 5.32 Å². The van der Waals surface area contributed by atoms with E-state index in [1.807, 2.05) is 6.07 Å². The van der Waals surface area contributed by atoms with Crippen molar-refractivity contribution >= 4 is 11.8 Å². The van der Waals surface area contributed by atoms with Crippen LogP contribution in [0.5, 0.6) is 0 Å². The molecule has 0 aliphatic rings. The van der Waals surface area contributed by atoms with Gasteiger partial charge in [0.2, 0.25) is 5.88 Å². The second kappa shape index (κ2) is 3.74. The van der Waals surface area contributed by atoms with E-state index in [1.165, 1.54) is 12.6 Å². The van der Waals surface area contributed by atoms with Crippen LogP contribution in [0.15, 0.2) is 47.3 Å². The SMILES string of the molecule is O=C(Nc1cnco1)c1ccccc1. The largest absolute Gasteiger partial charge is 0.428 e. The molecule has 1 N–H and O–H groups in total. The number of amides is 1. The van der Waals surface area contributed by atoms with Gasteiger partial charge in [-0.25, -0.2) is 4.98 Å². The number of hydrogen-bond acceptors (Lipinski definition) is 3. The van der Waals surface area contributed by atoms with Crippen molar-refractivity contribution in [2.45, 2.75) is 0 Å². The molecule has 4 heteroatoms. The fourth-order valence-electron chi connectivity index (χ4n) is 1.05. The molecule has 1 aromatic heterocycles. The van der Waals surface area contributed by atoms with Crippen molar-refractivity contribution in [1.82, 2.24) is 4.98 Å². The van der Waals surface area contributed by atoms with E-state index < -0.39 is 0 Å². The summed E-state index contributed by atoms with van der Waals surface area (Å²) in [6.07, 6.45) is 2.71. The highest BCUT2D eigenvalue weighted by molar-refractivity contribution is 6.03. The van der Waals surface area contributed by atoms with Crippen LogP contribution >= 0.6 is 0 Å². The number of carbonyl (C=O) groups excluding carboxylic acids is 1. The Bertz CT molecular complexity index is 409. The summed E-state index contributed by atoms with van der Waals surface area (Å²) in [5.41, 5.74) is 0.587. The highest BCUT2D eigenvalue weighted by atomic mass is 16.4. The van der Waals surface area contributed by atoms with Crippen molar-refractivity contribution in [2.24, 2.45) is 0 Å². The Morgan fingerprint density at radius 2 is 2.07 bits per heavy atom. The first-order chi connectivity index (χ1) is 6.86. The van der Waals surface area contributed by atoms with Crippen LogP contribution in [-0.4, -0.2) is 10.9 Å². The average Bonchev–Trinajstić information content (AvgIpc) is 2.72. The third-order valence-electron chi connectivity index (χ3n) is 1.71. The zero-order chi connectivity index (χ0) is 9.80. The number of rotatable bonds is 2. The van der Waals surface area contributed by atoms with Crippen LogP contribution in [0, 0.1) is 0 Å². The second-order valence-corrected chi connectivity index (χ2v) is 2.69. The van der Waals surface area contributed by atoms with Gasteiger partial charge >= 0.3 is 0 Å². The first kappa shape index (κ1) is 8.50. The molecule has 0 aliphatic carbocycles. The van der Waals surface area contributed by atoms with Crippen molar-refractivity contribution < 1.29 is 9.21 Å². The Balaban J connectivity index is 2.11.